The molecule has 8 heteroatoms. The zero-order valence-electron chi connectivity index (χ0n) is 13.6. The maximum Gasteiger partial charge on any atom is 0.242 e. The summed E-state index contributed by atoms with van der Waals surface area (Å²) >= 11 is 12.2. The molecule has 1 aromatic carbocycles. The van der Waals surface area contributed by atoms with Crippen LogP contribution >= 0.6 is 23.2 Å². The summed E-state index contributed by atoms with van der Waals surface area (Å²) in [6.45, 7) is 4.67. The molecule has 1 aromatic rings. The Hall–Kier alpha value is -1.79. The van der Waals surface area contributed by atoms with Gasteiger partial charge in [0.15, 0.2) is 0 Å². The Morgan fingerprint density at radius 2 is 1.62 bits per heavy atom. The van der Waals surface area contributed by atoms with Crippen LogP contribution in [-0.2, 0) is 14.4 Å². The van der Waals surface area contributed by atoms with Crippen LogP contribution in [-0.4, -0.2) is 60.2 Å². The first-order valence-corrected chi connectivity index (χ1v) is 8.32. The van der Waals surface area contributed by atoms with E-state index in [-0.39, 0.29) is 29.3 Å². The van der Waals surface area contributed by atoms with Crippen LogP contribution in [0.3, 0.4) is 0 Å². The number of rotatable bonds is 3. The van der Waals surface area contributed by atoms with Gasteiger partial charge < -0.3 is 14.7 Å². The second kappa shape index (κ2) is 7.85. The number of nitrogens with zero attached hydrogens (tertiary/aromatic N) is 3. The van der Waals surface area contributed by atoms with Crippen LogP contribution in [0.5, 0.6) is 0 Å². The molecule has 0 bridgehead atoms. The Balaban J connectivity index is 2.09. The van der Waals surface area contributed by atoms with Crippen molar-refractivity contribution in [1.29, 1.82) is 0 Å². The van der Waals surface area contributed by atoms with E-state index in [1.54, 1.807) is 28.0 Å². The summed E-state index contributed by atoms with van der Waals surface area (Å²) in [6.07, 6.45) is 0. The lowest BCUT2D eigenvalue weighted by atomic mass is 10.2. The first-order chi connectivity index (χ1) is 11.3. The van der Waals surface area contributed by atoms with Gasteiger partial charge in [0, 0.05) is 40.0 Å². The van der Waals surface area contributed by atoms with Crippen molar-refractivity contribution in [1.82, 2.24) is 9.80 Å². The van der Waals surface area contributed by atoms with Crippen molar-refractivity contribution in [2.24, 2.45) is 0 Å². The van der Waals surface area contributed by atoms with Crippen LogP contribution < -0.4 is 4.90 Å². The van der Waals surface area contributed by atoms with E-state index in [0.29, 0.717) is 36.9 Å². The average Bonchev–Trinajstić information content (AvgIpc) is 2.55. The fourth-order valence-electron chi connectivity index (χ4n) is 2.57. The molecule has 0 unspecified atom stereocenters. The number of hydrogen-bond donors (Lipinski definition) is 0. The van der Waals surface area contributed by atoms with Gasteiger partial charge in [-0.2, -0.15) is 0 Å². The molecule has 0 saturated carbocycles. The molecular formula is C16H19Cl2N3O3. The van der Waals surface area contributed by atoms with Crippen molar-refractivity contribution in [2.45, 2.75) is 13.8 Å². The van der Waals surface area contributed by atoms with E-state index in [1.807, 2.05) is 0 Å². The van der Waals surface area contributed by atoms with Crippen LogP contribution in [0.25, 0.3) is 0 Å². The zero-order chi connectivity index (χ0) is 17.9. The number of carbonyl (C=O) groups is 3. The molecule has 1 saturated heterocycles. The standard InChI is InChI=1S/C16H19Cl2N3O3/c1-11(22)19-6-8-20(9-7-19)15(24)10-21(12(2)23)14-5-3-4-13(17)16(14)18/h3-5H,6-10H2,1-2H3. The van der Waals surface area contributed by atoms with Crippen molar-refractivity contribution in [3.05, 3.63) is 28.2 Å². The molecule has 0 aromatic heterocycles. The Morgan fingerprint density at radius 1 is 1.04 bits per heavy atom. The van der Waals surface area contributed by atoms with Gasteiger partial charge in [0.1, 0.15) is 6.54 Å². The summed E-state index contributed by atoms with van der Waals surface area (Å²) < 4.78 is 0. The lowest BCUT2D eigenvalue weighted by molar-refractivity contribution is -0.137. The summed E-state index contributed by atoms with van der Waals surface area (Å²) in [6, 6.07) is 4.95. The maximum atomic E-state index is 12.5. The summed E-state index contributed by atoms with van der Waals surface area (Å²) in [4.78, 5) is 40.5. The Bertz CT molecular complexity index is 658. The third-order valence-electron chi connectivity index (χ3n) is 3.97. The van der Waals surface area contributed by atoms with Crippen molar-refractivity contribution < 1.29 is 14.4 Å². The topological polar surface area (TPSA) is 60.9 Å². The number of carbonyl (C=O) groups excluding carboxylic acids is 3. The van der Waals surface area contributed by atoms with Gasteiger partial charge in [-0.05, 0) is 12.1 Å². The minimum atomic E-state index is -0.296. The van der Waals surface area contributed by atoms with E-state index in [0.717, 1.165) is 0 Å². The van der Waals surface area contributed by atoms with E-state index in [1.165, 1.54) is 18.7 Å². The predicted octanol–water partition coefficient (Wildman–Crippen LogP) is 2.04. The summed E-state index contributed by atoms with van der Waals surface area (Å²) in [7, 11) is 0. The van der Waals surface area contributed by atoms with Crippen LogP contribution in [0.2, 0.25) is 10.0 Å². The van der Waals surface area contributed by atoms with E-state index >= 15 is 0 Å². The summed E-state index contributed by atoms with van der Waals surface area (Å²) in [5.41, 5.74) is 0.410. The van der Waals surface area contributed by atoms with Gasteiger partial charge in [-0.3, -0.25) is 14.4 Å². The van der Waals surface area contributed by atoms with E-state index in [4.69, 9.17) is 23.2 Å². The smallest absolute Gasteiger partial charge is 0.242 e. The largest absolute Gasteiger partial charge is 0.339 e. The first-order valence-electron chi connectivity index (χ1n) is 7.56. The number of amides is 3. The molecule has 6 nitrogen and oxygen atoms in total. The van der Waals surface area contributed by atoms with Crippen molar-refractivity contribution >= 4 is 46.6 Å². The maximum absolute atomic E-state index is 12.5. The van der Waals surface area contributed by atoms with Crippen LogP contribution in [0.15, 0.2) is 18.2 Å². The highest BCUT2D eigenvalue weighted by Crippen LogP contribution is 2.32. The van der Waals surface area contributed by atoms with Crippen molar-refractivity contribution in [3.63, 3.8) is 0 Å². The van der Waals surface area contributed by atoms with E-state index in [9.17, 15) is 14.4 Å². The molecule has 3 amide bonds. The molecule has 24 heavy (non-hydrogen) atoms. The fourth-order valence-corrected chi connectivity index (χ4v) is 2.97. The normalized spacial score (nSPS) is 14.5. The van der Waals surface area contributed by atoms with Gasteiger partial charge in [-0.1, -0.05) is 29.3 Å². The number of anilines is 1. The SMILES string of the molecule is CC(=O)N1CCN(C(=O)CN(C(C)=O)c2cccc(Cl)c2Cl)CC1. The quantitative estimate of drug-likeness (QED) is 0.816. The number of benzene rings is 1. The van der Waals surface area contributed by atoms with Gasteiger partial charge in [0.05, 0.1) is 15.7 Å². The third-order valence-corrected chi connectivity index (χ3v) is 4.78. The second-order valence-electron chi connectivity index (χ2n) is 5.56. The molecule has 1 aliphatic rings. The molecule has 0 spiro atoms. The van der Waals surface area contributed by atoms with Crippen molar-refractivity contribution in [3.8, 4) is 0 Å². The zero-order valence-corrected chi connectivity index (χ0v) is 15.1. The number of halogens is 2. The highest BCUT2D eigenvalue weighted by Gasteiger charge is 2.26. The first kappa shape index (κ1) is 18.5. The molecule has 0 aliphatic carbocycles. The van der Waals surface area contributed by atoms with Crippen LogP contribution in [0.4, 0.5) is 5.69 Å². The average molecular weight is 372 g/mol. The molecule has 2 rings (SSSR count). The Morgan fingerprint density at radius 3 is 2.17 bits per heavy atom. The number of hydrogen-bond acceptors (Lipinski definition) is 3. The fraction of sp³-hybridized carbons (Fsp3) is 0.438. The van der Waals surface area contributed by atoms with Crippen LogP contribution in [0, 0.1) is 0 Å². The minimum Gasteiger partial charge on any atom is -0.339 e. The Kier molecular flexibility index (Phi) is 6.07. The Labute approximate surface area is 150 Å². The van der Waals surface area contributed by atoms with E-state index < -0.39 is 0 Å². The van der Waals surface area contributed by atoms with Crippen molar-refractivity contribution in [2.75, 3.05) is 37.6 Å². The van der Waals surface area contributed by atoms with Gasteiger partial charge in [0.25, 0.3) is 0 Å². The highest BCUT2D eigenvalue weighted by atomic mass is 35.5. The van der Waals surface area contributed by atoms with Gasteiger partial charge in [-0.15, -0.1) is 0 Å². The third kappa shape index (κ3) is 4.19. The predicted molar refractivity (Wildman–Crippen MR) is 93.3 cm³/mol. The van der Waals surface area contributed by atoms with Gasteiger partial charge in [0.2, 0.25) is 17.7 Å². The molecule has 1 aliphatic heterocycles. The summed E-state index contributed by atoms with van der Waals surface area (Å²) in [5.74, 6) is -0.488. The van der Waals surface area contributed by atoms with Crippen LogP contribution in [0.1, 0.15) is 13.8 Å². The van der Waals surface area contributed by atoms with Gasteiger partial charge >= 0.3 is 0 Å². The summed E-state index contributed by atoms with van der Waals surface area (Å²) in [5, 5.41) is 0.562. The highest BCUT2D eigenvalue weighted by molar-refractivity contribution is 6.44. The molecule has 1 fully saturated rings. The molecule has 1 heterocycles. The van der Waals surface area contributed by atoms with E-state index in [2.05, 4.69) is 0 Å². The van der Waals surface area contributed by atoms with Gasteiger partial charge in [-0.25, -0.2) is 0 Å². The monoisotopic (exact) mass is 371 g/mol. The molecule has 0 N–H and O–H groups in total. The molecule has 0 radical (unpaired) electrons. The lowest BCUT2D eigenvalue weighted by Gasteiger charge is -2.35. The molecule has 0 atom stereocenters. The lowest BCUT2D eigenvalue weighted by Crippen LogP contribution is -2.52. The molecular weight excluding hydrogens is 353 g/mol. The molecule has 130 valence electrons. The second-order valence-corrected chi connectivity index (χ2v) is 6.35. The minimum absolute atomic E-state index is 0.00169. The number of piperazine rings is 1.